The molecule has 0 saturated carbocycles. The van der Waals surface area contributed by atoms with Gasteiger partial charge in [-0.15, -0.1) is 6.58 Å². The Morgan fingerprint density at radius 2 is 2.35 bits per heavy atom. The summed E-state index contributed by atoms with van der Waals surface area (Å²) < 4.78 is 0.964. The third-order valence-corrected chi connectivity index (χ3v) is 4.02. The van der Waals surface area contributed by atoms with Crippen molar-refractivity contribution in [2.24, 2.45) is 0 Å². The minimum absolute atomic E-state index is 0.0232. The SMILES string of the molecule is C=CCSCCNC(=O)c1ccc(C)c(Br)c1. The molecular formula is C13H16BrNOS. The van der Waals surface area contributed by atoms with E-state index in [1.54, 1.807) is 11.8 Å². The molecule has 0 atom stereocenters. The van der Waals surface area contributed by atoms with Crippen molar-refractivity contribution in [2.45, 2.75) is 6.92 Å². The summed E-state index contributed by atoms with van der Waals surface area (Å²) in [4.78, 5) is 11.8. The van der Waals surface area contributed by atoms with E-state index in [1.165, 1.54) is 0 Å². The fourth-order valence-corrected chi connectivity index (χ4v) is 2.20. The Bertz CT molecular complexity index is 406. The number of benzene rings is 1. The summed E-state index contributed by atoms with van der Waals surface area (Å²) in [6.45, 7) is 6.33. The zero-order chi connectivity index (χ0) is 12.7. The van der Waals surface area contributed by atoms with Crippen molar-refractivity contribution in [1.82, 2.24) is 5.32 Å². The van der Waals surface area contributed by atoms with Gasteiger partial charge in [0.25, 0.3) is 5.91 Å². The number of carbonyl (C=O) groups excluding carboxylic acids is 1. The summed E-state index contributed by atoms with van der Waals surface area (Å²) in [5.74, 6) is 1.81. The topological polar surface area (TPSA) is 29.1 Å². The number of amides is 1. The third kappa shape index (κ3) is 4.96. The van der Waals surface area contributed by atoms with Crippen LogP contribution in [0.4, 0.5) is 0 Å². The average Bonchev–Trinajstić information content (AvgIpc) is 2.32. The number of nitrogens with one attached hydrogen (secondary N) is 1. The summed E-state index contributed by atoms with van der Waals surface area (Å²) in [5.41, 5.74) is 1.82. The summed E-state index contributed by atoms with van der Waals surface area (Å²) in [6, 6.07) is 5.62. The predicted octanol–water partition coefficient (Wildman–Crippen LogP) is 3.41. The normalized spacial score (nSPS) is 10.0. The number of thioether (sulfide) groups is 1. The molecule has 0 aliphatic carbocycles. The molecule has 0 unspecified atom stereocenters. The molecule has 2 nitrogen and oxygen atoms in total. The van der Waals surface area contributed by atoms with Crippen molar-refractivity contribution in [1.29, 1.82) is 0 Å². The Kier molecular flexibility index (Phi) is 6.37. The van der Waals surface area contributed by atoms with Crippen molar-refractivity contribution >= 4 is 33.6 Å². The summed E-state index contributed by atoms with van der Waals surface area (Å²) in [7, 11) is 0. The summed E-state index contributed by atoms with van der Waals surface area (Å²) in [6.07, 6.45) is 1.86. The molecule has 17 heavy (non-hydrogen) atoms. The van der Waals surface area contributed by atoms with Crippen LogP contribution >= 0.6 is 27.7 Å². The van der Waals surface area contributed by atoms with Gasteiger partial charge in [0.1, 0.15) is 0 Å². The first-order valence-electron chi connectivity index (χ1n) is 5.38. The van der Waals surface area contributed by atoms with Crippen LogP contribution < -0.4 is 5.32 Å². The molecule has 1 aromatic rings. The van der Waals surface area contributed by atoms with E-state index in [9.17, 15) is 4.79 Å². The first-order chi connectivity index (χ1) is 8.15. The zero-order valence-corrected chi connectivity index (χ0v) is 12.2. The van der Waals surface area contributed by atoms with Crippen LogP contribution in [-0.2, 0) is 0 Å². The zero-order valence-electron chi connectivity index (χ0n) is 9.83. The molecule has 0 saturated heterocycles. The van der Waals surface area contributed by atoms with E-state index in [0.717, 1.165) is 21.5 Å². The van der Waals surface area contributed by atoms with Gasteiger partial charge in [0.05, 0.1) is 0 Å². The van der Waals surface area contributed by atoms with E-state index in [2.05, 4.69) is 27.8 Å². The molecule has 0 radical (unpaired) electrons. The average molecular weight is 314 g/mol. The minimum atomic E-state index is -0.0232. The van der Waals surface area contributed by atoms with Crippen molar-refractivity contribution in [3.8, 4) is 0 Å². The van der Waals surface area contributed by atoms with Gasteiger partial charge in [0, 0.05) is 28.1 Å². The van der Waals surface area contributed by atoms with Gasteiger partial charge in [-0.05, 0) is 24.6 Å². The smallest absolute Gasteiger partial charge is 0.251 e. The standard InChI is InChI=1S/C13H16BrNOS/c1-3-7-17-8-6-15-13(16)11-5-4-10(2)12(14)9-11/h3-5,9H,1,6-8H2,2H3,(H,15,16). The van der Waals surface area contributed by atoms with E-state index in [-0.39, 0.29) is 5.91 Å². The number of aryl methyl sites for hydroxylation is 1. The Hall–Kier alpha value is -0.740. The molecular weight excluding hydrogens is 298 g/mol. The monoisotopic (exact) mass is 313 g/mol. The lowest BCUT2D eigenvalue weighted by Crippen LogP contribution is -2.25. The number of hydrogen-bond donors (Lipinski definition) is 1. The van der Waals surface area contributed by atoms with E-state index in [0.29, 0.717) is 12.1 Å². The second-order valence-corrected chi connectivity index (χ2v) is 5.59. The van der Waals surface area contributed by atoms with E-state index in [4.69, 9.17) is 0 Å². The van der Waals surface area contributed by atoms with E-state index >= 15 is 0 Å². The second-order valence-electron chi connectivity index (χ2n) is 3.58. The van der Waals surface area contributed by atoms with Gasteiger partial charge < -0.3 is 5.32 Å². The highest BCUT2D eigenvalue weighted by atomic mass is 79.9. The fourth-order valence-electron chi connectivity index (χ4n) is 1.24. The van der Waals surface area contributed by atoms with Crippen LogP contribution in [0.1, 0.15) is 15.9 Å². The maximum absolute atomic E-state index is 11.8. The van der Waals surface area contributed by atoms with Gasteiger partial charge in [0.2, 0.25) is 0 Å². The number of rotatable bonds is 6. The summed E-state index contributed by atoms with van der Waals surface area (Å²) in [5, 5.41) is 2.89. The highest BCUT2D eigenvalue weighted by Crippen LogP contribution is 2.17. The first kappa shape index (κ1) is 14.3. The van der Waals surface area contributed by atoms with Crippen molar-refractivity contribution in [2.75, 3.05) is 18.1 Å². The molecule has 0 aliphatic heterocycles. The lowest BCUT2D eigenvalue weighted by atomic mass is 10.1. The molecule has 0 aromatic heterocycles. The van der Waals surface area contributed by atoms with E-state index < -0.39 is 0 Å². The molecule has 0 bridgehead atoms. The quantitative estimate of drug-likeness (QED) is 0.644. The highest BCUT2D eigenvalue weighted by Gasteiger charge is 2.05. The molecule has 0 aliphatic rings. The second kappa shape index (κ2) is 7.56. The molecule has 0 heterocycles. The molecule has 1 amide bonds. The Labute approximate surface area is 115 Å². The van der Waals surface area contributed by atoms with Crippen LogP contribution in [0.25, 0.3) is 0 Å². The molecule has 1 aromatic carbocycles. The Balaban J connectivity index is 2.41. The molecule has 4 heteroatoms. The highest BCUT2D eigenvalue weighted by molar-refractivity contribution is 9.10. The Morgan fingerprint density at radius 1 is 1.59 bits per heavy atom. The fraction of sp³-hybridized carbons (Fsp3) is 0.308. The summed E-state index contributed by atoms with van der Waals surface area (Å²) >= 11 is 5.18. The van der Waals surface area contributed by atoms with Gasteiger partial charge >= 0.3 is 0 Å². The van der Waals surface area contributed by atoms with Crippen molar-refractivity contribution in [3.63, 3.8) is 0 Å². The molecule has 1 rings (SSSR count). The van der Waals surface area contributed by atoms with Gasteiger partial charge in [-0.1, -0.05) is 28.1 Å². The molecule has 1 N–H and O–H groups in total. The lowest BCUT2D eigenvalue weighted by Gasteiger charge is -2.06. The van der Waals surface area contributed by atoms with Crippen LogP contribution in [0.5, 0.6) is 0 Å². The third-order valence-electron chi connectivity index (χ3n) is 2.20. The largest absolute Gasteiger partial charge is 0.351 e. The molecule has 0 fully saturated rings. The number of halogens is 1. The van der Waals surface area contributed by atoms with Gasteiger partial charge in [0.15, 0.2) is 0 Å². The van der Waals surface area contributed by atoms with Crippen LogP contribution in [0.2, 0.25) is 0 Å². The predicted molar refractivity (Wildman–Crippen MR) is 78.7 cm³/mol. The van der Waals surface area contributed by atoms with Gasteiger partial charge in [-0.3, -0.25) is 4.79 Å². The lowest BCUT2D eigenvalue weighted by molar-refractivity contribution is 0.0956. The van der Waals surface area contributed by atoms with Crippen LogP contribution in [0.15, 0.2) is 35.3 Å². The maximum Gasteiger partial charge on any atom is 0.251 e. The number of carbonyl (C=O) groups is 1. The molecule has 92 valence electrons. The van der Waals surface area contributed by atoms with E-state index in [1.807, 2.05) is 31.2 Å². The van der Waals surface area contributed by atoms with Crippen LogP contribution in [0.3, 0.4) is 0 Å². The molecule has 0 spiro atoms. The van der Waals surface area contributed by atoms with Crippen molar-refractivity contribution < 1.29 is 4.79 Å². The minimum Gasteiger partial charge on any atom is -0.351 e. The van der Waals surface area contributed by atoms with Crippen LogP contribution in [0, 0.1) is 6.92 Å². The van der Waals surface area contributed by atoms with Gasteiger partial charge in [-0.2, -0.15) is 11.8 Å². The Morgan fingerprint density at radius 3 is 3.00 bits per heavy atom. The first-order valence-corrected chi connectivity index (χ1v) is 7.33. The van der Waals surface area contributed by atoms with Gasteiger partial charge in [-0.25, -0.2) is 0 Å². The maximum atomic E-state index is 11.8. The number of hydrogen-bond acceptors (Lipinski definition) is 2. The van der Waals surface area contributed by atoms with Crippen molar-refractivity contribution in [3.05, 3.63) is 46.5 Å². The van der Waals surface area contributed by atoms with Crippen LogP contribution in [-0.4, -0.2) is 24.0 Å².